The van der Waals surface area contributed by atoms with Gasteiger partial charge in [0.05, 0.1) is 24.3 Å². The molecule has 2 aromatic rings. The number of methoxy groups -OCH3 is 1. The lowest BCUT2D eigenvalue weighted by molar-refractivity contribution is -0.140. The smallest absolute Gasteiger partial charge is 0.246 e. The highest BCUT2D eigenvalue weighted by Gasteiger charge is 2.32. The number of rotatable bonds is 7. The Morgan fingerprint density at radius 3 is 1.88 bits per heavy atom. The predicted molar refractivity (Wildman–Crippen MR) is 118 cm³/mol. The van der Waals surface area contributed by atoms with Crippen LogP contribution < -0.4 is 22.7 Å². The molecule has 32 heavy (non-hydrogen) atoms. The molecule has 0 heterocycles. The van der Waals surface area contributed by atoms with Gasteiger partial charge in [-0.2, -0.15) is 0 Å². The van der Waals surface area contributed by atoms with Gasteiger partial charge in [0.1, 0.15) is 0 Å². The van der Waals surface area contributed by atoms with Crippen LogP contribution in [-0.4, -0.2) is 43.7 Å². The molecule has 0 aromatic heterocycles. The SMILES string of the molecule is COCCONC(=O)C(C)CC(N)=O.Nc1ccc(N)c2c1C(=O)c1ccccc1C2=O. The Balaban J connectivity index is 0.000000237. The van der Waals surface area contributed by atoms with E-state index in [2.05, 4.69) is 5.48 Å². The zero-order valence-corrected chi connectivity index (χ0v) is 17.8. The minimum absolute atomic E-state index is 0.0134. The molecule has 1 aliphatic carbocycles. The molecule has 1 atom stereocenters. The second-order valence-corrected chi connectivity index (χ2v) is 7.08. The lowest BCUT2D eigenvalue weighted by Crippen LogP contribution is -2.32. The summed E-state index contributed by atoms with van der Waals surface area (Å²) in [7, 11) is 1.53. The van der Waals surface area contributed by atoms with Gasteiger partial charge in [-0.15, -0.1) is 0 Å². The van der Waals surface area contributed by atoms with Crippen molar-refractivity contribution in [2.75, 3.05) is 31.8 Å². The number of amides is 2. The number of benzene rings is 2. The molecule has 1 aliphatic rings. The maximum absolute atomic E-state index is 12.3. The number of nitrogens with one attached hydrogen (secondary N) is 1. The standard InChI is InChI=1S/C14H10N2O2.C8H16N2O4/c15-9-5-6-10(16)12-11(9)13(17)7-3-1-2-4-8(7)14(12)18;1-6(5-7(9)11)8(12)10-14-4-3-13-2/h1-6H,15-16H2;6H,3-5H2,1-2H3,(H2,9,11)(H,10,12). The number of hydrogen-bond acceptors (Lipinski definition) is 8. The second-order valence-electron chi connectivity index (χ2n) is 7.08. The van der Waals surface area contributed by atoms with E-state index < -0.39 is 11.8 Å². The molecular formula is C22H26N4O6. The fourth-order valence-electron chi connectivity index (χ4n) is 3.01. The molecule has 0 saturated heterocycles. The molecule has 0 aliphatic heterocycles. The van der Waals surface area contributed by atoms with Gasteiger partial charge in [0.15, 0.2) is 11.6 Å². The Bertz CT molecular complexity index is 977. The van der Waals surface area contributed by atoms with Crippen LogP contribution >= 0.6 is 0 Å². The number of fused-ring (bicyclic) bond motifs is 2. The summed E-state index contributed by atoms with van der Waals surface area (Å²) in [5, 5.41) is 0. The van der Waals surface area contributed by atoms with Gasteiger partial charge in [0.2, 0.25) is 11.8 Å². The van der Waals surface area contributed by atoms with Crippen molar-refractivity contribution in [3.05, 3.63) is 58.7 Å². The third-order valence-corrected chi connectivity index (χ3v) is 4.66. The highest BCUT2D eigenvalue weighted by Crippen LogP contribution is 2.33. The largest absolute Gasteiger partial charge is 0.398 e. The summed E-state index contributed by atoms with van der Waals surface area (Å²) < 4.78 is 4.70. The van der Waals surface area contributed by atoms with Gasteiger partial charge in [-0.3, -0.25) is 24.0 Å². The van der Waals surface area contributed by atoms with E-state index in [9.17, 15) is 19.2 Å². The summed E-state index contributed by atoms with van der Waals surface area (Å²) in [6.07, 6.45) is 0.0134. The lowest BCUT2D eigenvalue weighted by Gasteiger charge is -2.20. The maximum atomic E-state index is 12.3. The number of nitrogens with two attached hydrogens (primary N) is 3. The summed E-state index contributed by atoms with van der Waals surface area (Å²) in [6, 6.07) is 9.79. The van der Waals surface area contributed by atoms with Crippen molar-refractivity contribution in [1.82, 2.24) is 5.48 Å². The van der Waals surface area contributed by atoms with E-state index in [0.717, 1.165) is 0 Å². The molecule has 7 N–H and O–H groups in total. The number of hydrogen-bond donors (Lipinski definition) is 4. The van der Waals surface area contributed by atoms with Crippen LogP contribution in [0.5, 0.6) is 0 Å². The normalized spacial score (nSPS) is 12.7. The first-order valence-corrected chi connectivity index (χ1v) is 9.74. The van der Waals surface area contributed by atoms with Crippen LogP contribution in [0.2, 0.25) is 0 Å². The van der Waals surface area contributed by atoms with Crippen LogP contribution in [-0.2, 0) is 19.2 Å². The van der Waals surface area contributed by atoms with E-state index in [1.54, 1.807) is 43.3 Å². The third-order valence-electron chi connectivity index (χ3n) is 4.66. The first kappa shape index (κ1) is 24.5. The molecule has 170 valence electrons. The molecule has 10 nitrogen and oxygen atoms in total. The van der Waals surface area contributed by atoms with Gasteiger partial charge >= 0.3 is 0 Å². The molecular weight excluding hydrogens is 416 g/mol. The van der Waals surface area contributed by atoms with E-state index >= 15 is 0 Å². The van der Waals surface area contributed by atoms with Crippen LogP contribution in [0.25, 0.3) is 0 Å². The summed E-state index contributed by atoms with van der Waals surface area (Å²) >= 11 is 0. The van der Waals surface area contributed by atoms with E-state index in [0.29, 0.717) is 17.7 Å². The maximum Gasteiger partial charge on any atom is 0.246 e. The van der Waals surface area contributed by atoms with Crippen molar-refractivity contribution in [3.8, 4) is 0 Å². The number of primary amides is 1. The number of carbonyl (C=O) groups is 4. The molecule has 2 aromatic carbocycles. The number of hydroxylamine groups is 1. The zero-order valence-electron chi connectivity index (χ0n) is 17.8. The van der Waals surface area contributed by atoms with Crippen LogP contribution in [0, 0.1) is 5.92 Å². The predicted octanol–water partition coefficient (Wildman–Crippen LogP) is 0.819. The highest BCUT2D eigenvalue weighted by molar-refractivity contribution is 6.31. The molecule has 0 radical (unpaired) electrons. The summed E-state index contributed by atoms with van der Waals surface area (Å²) in [6.45, 7) is 2.26. The lowest BCUT2D eigenvalue weighted by atomic mass is 9.82. The Kier molecular flexibility index (Phi) is 8.45. The van der Waals surface area contributed by atoms with Crippen LogP contribution in [0.4, 0.5) is 11.4 Å². The van der Waals surface area contributed by atoms with Gasteiger partial charge < -0.3 is 21.9 Å². The van der Waals surface area contributed by atoms with Crippen molar-refractivity contribution in [3.63, 3.8) is 0 Å². The molecule has 0 saturated carbocycles. The van der Waals surface area contributed by atoms with Crippen LogP contribution in [0.1, 0.15) is 45.2 Å². The van der Waals surface area contributed by atoms with Crippen molar-refractivity contribution in [2.24, 2.45) is 11.7 Å². The Morgan fingerprint density at radius 1 is 0.938 bits per heavy atom. The second kappa shape index (κ2) is 11.0. The van der Waals surface area contributed by atoms with Crippen LogP contribution in [0.15, 0.2) is 36.4 Å². The quantitative estimate of drug-likeness (QED) is 0.236. The topological polar surface area (TPSA) is 177 Å². The van der Waals surface area contributed by atoms with Gasteiger partial charge in [-0.25, -0.2) is 5.48 Å². The first-order chi connectivity index (χ1) is 15.2. The zero-order chi connectivity index (χ0) is 23.8. The molecule has 0 spiro atoms. The molecule has 2 amide bonds. The Morgan fingerprint density at radius 2 is 1.44 bits per heavy atom. The molecule has 0 fully saturated rings. The van der Waals surface area contributed by atoms with Gasteiger partial charge in [0.25, 0.3) is 0 Å². The molecule has 10 heteroatoms. The fraction of sp³-hybridized carbons (Fsp3) is 0.273. The van der Waals surface area contributed by atoms with Crippen LogP contribution in [0.3, 0.4) is 0 Å². The Labute approximate surface area is 185 Å². The van der Waals surface area contributed by atoms with Crippen molar-refractivity contribution in [2.45, 2.75) is 13.3 Å². The number of nitrogen functional groups attached to an aromatic ring is 2. The third kappa shape index (κ3) is 5.68. The number of ether oxygens (including phenoxy) is 1. The van der Waals surface area contributed by atoms with Gasteiger partial charge in [0, 0.05) is 42.0 Å². The average Bonchev–Trinajstić information content (AvgIpc) is 2.76. The average molecular weight is 442 g/mol. The number of carbonyl (C=O) groups excluding carboxylic acids is 4. The van der Waals surface area contributed by atoms with E-state index in [-0.39, 0.29) is 53.0 Å². The van der Waals surface area contributed by atoms with E-state index in [1.165, 1.54) is 7.11 Å². The Hall–Kier alpha value is -3.76. The molecule has 3 rings (SSSR count). The molecule has 0 bridgehead atoms. The summed E-state index contributed by atoms with van der Waals surface area (Å²) in [5.41, 5.74) is 20.5. The van der Waals surface area contributed by atoms with Crippen molar-refractivity contribution in [1.29, 1.82) is 0 Å². The summed E-state index contributed by atoms with van der Waals surface area (Å²) in [4.78, 5) is 51.1. The van der Waals surface area contributed by atoms with Gasteiger partial charge in [-0.05, 0) is 12.1 Å². The molecule has 1 unspecified atom stereocenters. The van der Waals surface area contributed by atoms with Gasteiger partial charge in [-0.1, -0.05) is 31.2 Å². The van der Waals surface area contributed by atoms with Crippen molar-refractivity contribution < 1.29 is 28.8 Å². The first-order valence-electron chi connectivity index (χ1n) is 9.74. The minimum atomic E-state index is -0.510. The number of ketones is 2. The summed E-state index contributed by atoms with van der Waals surface area (Å²) in [5.74, 6) is -1.84. The fourth-order valence-corrected chi connectivity index (χ4v) is 3.01. The highest BCUT2D eigenvalue weighted by atomic mass is 16.7. The number of anilines is 2. The van der Waals surface area contributed by atoms with E-state index in [1.807, 2.05) is 0 Å². The van der Waals surface area contributed by atoms with Crippen molar-refractivity contribution >= 4 is 34.8 Å². The van der Waals surface area contributed by atoms with E-state index in [4.69, 9.17) is 26.8 Å². The monoisotopic (exact) mass is 442 g/mol. The minimum Gasteiger partial charge on any atom is -0.398 e.